The van der Waals surface area contributed by atoms with E-state index in [0.29, 0.717) is 35.2 Å². The van der Waals surface area contributed by atoms with Gasteiger partial charge in [0, 0.05) is 12.6 Å². The molecule has 0 saturated heterocycles. The van der Waals surface area contributed by atoms with Crippen LogP contribution in [0, 0.1) is 0 Å². The molecule has 0 bridgehead atoms. The number of hydrogen-bond acceptors (Lipinski definition) is 5. The van der Waals surface area contributed by atoms with Gasteiger partial charge in [-0.1, -0.05) is 62.4 Å². The Kier molecular flexibility index (Phi) is 8.85. The molecule has 0 amide bonds. The quantitative estimate of drug-likeness (QED) is 0.442. The van der Waals surface area contributed by atoms with E-state index in [-0.39, 0.29) is 12.6 Å². The van der Waals surface area contributed by atoms with Gasteiger partial charge in [0.25, 0.3) is 0 Å². The summed E-state index contributed by atoms with van der Waals surface area (Å²) in [6, 6.07) is 14.4. The van der Waals surface area contributed by atoms with E-state index in [0.717, 1.165) is 0 Å². The van der Waals surface area contributed by atoms with Crippen LogP contribution in [0.15, 0.2) is 61.2 Å². The predicted molar refractivity (Wildman–Crippen MR) is 111 cm³/mol. The molecule has 1 atom stereocenters. The summed E-state index contributed by atoms with van der Waals surface area (Å²) in [6.07, 6.45) is 1.16. The summed E-state index contributed by atoms with van der Waals surface area (Å²) in [7, 11) is 0. The van der Waals surface area contributed by atoms with Crippen LogP contribution >= 0.6 is 11.6 Å². The Hall–Kier alpha value is -2.50. The van der Waals surface area contributed by atoms with Gasteiger partial charge in [-0.25, -0.2) is 4.79 Å². The van der Waals surface area contributed by atoms with Gasteiger partial charge < -0.3 is 19.5 Å². The van der Waals surface area contributed by atoms with Crippen LogP contribution < -0.4 is 14.8 Å². The van der Waals surface area contributed by atoms with Crippen molar-refractivity contribution in [1.29, 1.82) is 0 Å². The first-order valence-corrected chi connectivity index (χ1v) is 9.53. The Morgan fingerprint density at radius 3 is 2.39 bits per heavy atom. The molecule has 0 aliphatic rings. The van der Waals surface area contributed by atoms with Gasteiger partial charge >= 0.3 is 5.97 Å². The minimum Gasteiger partial charge on any atom is -0.486 e. The van der Waals surface area contributed by atoms with Gasteiger partial charge in [-0.15, -0.1) is 0 Å². The Morgan fingerprint density at radius 2 is 1.75 bits per heavy atom. The average molecular weight is 404 g/mol. The fourth-order valence-electron chi connectivity index (χ4n) is 2.36. The zero-order valence-electron chi connectivity index (χ0n) is 16.2. The molecule has 0 spiro atoms. The Balaban J connectivity index is 2.06. The van der Waals surface area contributed by atoms with Crippen LogP contribution in [0.1, 0.15) is 24.2 Å². The molecule has 150 valence electrons. The number of rotatable bonds is 11. The van der Waals surface area contributed by atoms with E-state index in [1.807, 2.05) is 32.0 Å². The van der Waals surface area contributed by atoms with Gasteiger partial charge in [-0.2, -0.15) is 0 Å². The van der Waals surface area contributed by atoms with Crippen molar-refractivity contribution in [3.8, 4) is 11.5 Å². The van der Waals surface area contributed by atoms with Gasteiger partial charge in [0.1, 0.15) is 19.3 Å². The lowest BCUT2D eigenvalue weighted by Crippen LogP contribution is -2.38. The monoisotopic (exact) mass is 403 g/mol. The third kappa shape index (κ3) is 6.91. The summed E-state index contributed by atoms with van der Waals surface area (Å²) in [5.41, 5.74) is 0.327. The maximum absolute atomic E-state index is 12.5. The van der Waals surface area contributed by atoms with Crippen molar-refractivity contribution in [2.45, 2.75) is 26.0 Å². The maximum Gasteiger partial charge on any atom is 0.340 e. The second-order valence-electron chi connectivity index (χ2n) is 6.43. The first-order chi connectivity index (χ1) is 13.5. The summed E-state index contributed by atoms with van der Waals surface area (Å²) >= 11 is 6.10. The maximum atomic E-state index is 12.5. The molecule has 0 saturated carbocycles. The molecule has 0 aliphatic carbocycles. The van der Waals surface area contributed by atoms with E-state index in [4.69, 9.17) is 25.8 Å². The molecule has 0 heterocycles. The number of ether oxygens (including phenoxy) is 3. The van der Waals surface area contributed by atoms with E-state index in [1.54, 1.807) is 36.4 Å². The molecule has 28 heavy (non-hydrogen) atoms. The number of halogens is 1. The molecule has 0 radical (unpaired) electrons. The van der Waals surface area contributed by atoms with Crippen LogP contribution in [0.4, 0.5) is 0 Å². The molecule has 5 nitrogen and oxygen atoms in total. The molecule has 0 aliphatic heterocycles. The van der Waals surface area contributed by atoms with Crippen molar-refractivity contribution < 1.29 is 19.0 Å². The lowest BCUT2D eigenvalue weighted by Gasteiger charge is -2.21. The number of hydrogen-bond donors (Lipinski definition) is 1. The van der Waals surface area contributed by atoms with Crippen molar-refractivity contribution in [2.75, 3.05) is 19.8 Å². The number of esters is 1. The highest BCUT2D eigenvalue weighted by Gasteiger charge is 2.19. The van der Waals surface area contributed by atoms with Crippen molar-refractivity contribution >= 4 is 17.6 Å². The molecule has 2 aromatic rings. The van der Waals surface area contributed by atoms with Gasteiger partial charge in [-0.05, 0) is 24.3 Å². The number of carbonyl (C=O) groups excluding carboxylic acids is 1. The number of benzene rings is 2. The van der Waals surface area contributed by atoms with Crippen molar-refractivity contribution in [2.24, 2.45) is 0 Å². The minimum atomic E-state index is -0.501. The van der Waals surface area contributed by atoms with Crippen molar-refractivity contribution in [3.05, 3.63) is 71.8 Å². The molecular formula is C22H26ClNO4. The third-order valence-electron chi connectivity index (χ3n) is 3.75. The molecule has 0 fully saturated rings. The normalized spacial score (nSPS) is 11.7. The van der Waals surface area contributed by atoms with E-state index in [2.05, 4.69) is 11.9 Å². The van der Waals surface area contributed by atoms with E-state index < -0.39 is 12.1 Å². The molecule has 2 rings (SSSR count). The fraction of sp³-hybridized carbons (Fsp3) is 0.318. The van der Waals surface area contributed by atoms with Crippen LogP contribution in [-0.2, 0) is 4.74 Å². The first-order valence-electron chi connectivity index (χ1n) is 9.15. The lowest BCUT2D eigenvalue weighted by atomic mass is 10.2. The predicted octanol–water partition coefficient (Wildman–Crippen LogP) is 4.51. The summed E-state index contributed by atoms with van der Waals surface area (Å²) in [4.78, 5) is 12.5. The van der Waals surface area contributed by atoms with Crippen LogP contribution in [0.2, 0.25) is 5.02 Å². The van der Waals surface area contributed by atoms with Crippen LogP contribution in [0.3, 0.4) is 0 Å². The van der Waals surface area contributed by atoms with Crippen LogP contribution in [-0.4, -0.2) is 37.9 Å². The molecule has 1 unspecified atom stereocenters. The standard InChI is InChI=1S/C22H26ClNO4/c1-4-13-26-20-11-7-8-12-21(20)27-15-17(14-24-16(2)3)28-22(25)18-9-5-6-10-19(18)23/h4-12,16-17,24H,1,13-15H2,2-3H3. The van der Waals surface area contributed by atoms with Gasteiger partial charge in [0.15, 0.2) is 11.5 Å². The molecule has 0 aromatic heterocycles. The Bertz CT molecular complexity index is 779. The topological polar surface area (TPSA) is 56.8 Å². The highest BCUT2D eigenvalue weighted by atomic mass is 35.5. The van der Waals surface area contributed by atoms with Gasteiger partial charge in [0.2, 0.25) is 0 Å². The largest absolute Gasteiger partial charge is 0.486 e. The number of para-hydroxylation sites is 2. The summed E-state index contributed by atoms with van der Waals surface area (Å²) < 4.78 is 17.1. The van der Waals surface area contributed by atoms with E-state index >= 15 is 0 Å². The van der Waals surface area contributed by atoms with Gasteiger partial charge in [-0.3, -0.25) is 0 Å². The summed E-state index contributed by atoms with van der Waals surface area (Å²) in [5.74, 6) is 0.698. The van der Waals surface area contributed by atoms with E-state index in [1.165, 1.54) is 0 Å². The highest BCUT2D eigenvalue weighted by Crippen LogP contribution is 2.26. The average Bonchev–Trinajstić information content (AvgIpc) is 2.69. The lowest BCUT2D eigenvalue weighted by molar-refractivity contribution is 0.0170. The molecule has 1 N–H and O–H groups in total. The minimum absolute atomic E-state index is 0.171. The molecule has 6 heteroatoms. The Morgan fingerprint density at radius 1 is 1.11 bits per heavy atom. The summed E-state index contributed by atoms with van der Waals surface area (Å²) in [6.45, 7) is 8.68. The van der Waals surface area contributed by atoms with Crippen LogP contribution in [0.5, 0.6) is 11.5 Å². The zero-order chi connectivity index (χ0) is 20.4. The second kappa shape index (κ2) is 11.4. The second-order valence-corrected chi connectivity index (χ2v) is 6.83. The first kappa shape index (κ1) is 21.8. The molecule has 2 aromatic carbocycles. The smallest absolute Gasteiger partial charge is 0.340 e. The summed E-state index contributed by atoms with van der Waals surface area (Å²) in [5, 5.41) is 3.62. The number of nitrogens with one attached hydrogen (secondary N) is 1. The molecular weight excluding hydrogens is 378 g/mol. The van der Waals surface area contributed by atoms with Crippen LogP contribution in [0.25, 0.3) is 0 Å². The number of carbonyl (C=O) groups is 1. The SMILES string of the molecule is C=CCOc1ccccc1OCC(CNC(C)C)OC(=O)c1ccccc1Cl. The van der Waals surface area contributed by atoms with Crippen molar-refractivity contribution in [1.82, 2.24) is 5.32 Å². The van der Waals surface area contributed by atoms with Gasteiger partial charge in [0.05, 0.1) is 10.6 Å². The van der Waals surface area contributed by atoms with Crippen molar-refractivity contribution in [3.63, 3.8) is 0 Å². The highest BCUT2D eigenvalue weighted by molar-refractivity contribution is 6.33. The zero-order valence-corrected chi connectivity index (χ0v) is 16.9. The Labute approximate surface area is 171 Å². The third-order valence-corrected chi connectivity index (χ3v) is 4.08. The van der Waals surface area contributed by atoms with E-state index in [9.17, 15) is 4.79 Å². The fourth-order valence-corrected chi connectivity index (χ4v) is 2.58.